The van der Waals surface area contributed by atoms with Crippen LogP contribution in [0.5, 0.6) is 0 Å². The van der Waals surface area contributed by atoms with Crippen LogP contribution in [-0.4, -0.2) is 22.8 Å². The zero-order valence-electron chi connectivity index (χ0n) is 10.1. The summed E-state index contributed by atoms with van der Waals surface area (Å²) in [6.45, 7) is 0.381. The third-order valence-electron chi connectivity index (χ3n) is 2.51. The Morgan fingerprint density at radius 3 is 2.79 bits per heavy atom. The van der Waals surface area contributed by atoms with E-state index in [1.165, 1.54) is 16.2 Å². The predicted molar refractivity (Wildman–Crippen MR) is 78.8 cm³/mol. The van der Waals surface area contributed by atoms with E-state index in [1.54, 1.807) is 30.6 Å². The van der Waals surface area contributed by atoms with Crippen molar-refractivity contribution in [3.8, 4) is 0 Å². The van der Waals surface area contributed by atoms with Crippen molar-refractivity contribution in [3.05, 3.63) is 44.9 Å². The van der Waals surface area contributed by atoms with Gasteiger partial charge in [-0.3, -0.25) is 4.79 Å². The molecule has 0 aliphatic carbocycles. The molecule has 0 bridgehead atoms. The summed E-state index contributed by atoms with van der Waals surface area (Å²) in [4.78, 5) is 17.6. The van der Waals surface area contributed by atoms with Gasteiger partial charge in [0.25, 0.3) is 5.91 Å². The van der Waals surface area contributed by atoms with Gasteiger partial charge in [-0.1, -0.05) is 29.3 Å². The van der Waals surface area contributed by atoms with Crippen molar-refractivity contribution in [2.75, 3.05) is 12.8 Å². The Labute approximate surface area is 124 Å². The lowest BCUT2D eigenvalue weighted by atomic mass is 10.2. The third kappa shape index (κ3) is 3.37. The topological polar surface area (TPSA) is 59.2 Å². The number of nitrogens with two attached hydrogens (primary N) is 1. The summed E-state index contributed by atoms with van der Waals surface area (Å²) in [5.74, 6) is -0.195. The predicted octanol–water partition coefficient (Wildman–Crippen LogP) is 3.30. The number of carbonyl (C=O) groups is 1. The number of aromatic nitrogens is 1. The Kier molecular flexibility index (Phi) is 4.29. The van der Waals surface area contributed by atoms with Crippen LogP contribution in [0.3, 0.4) is 0 Å². The van der Waals surface area contributed by atoms with E-state index in [9.17, 15) is 4.79 Å². The van der Waals surface area contributed by atoms with Crippen molar-refractivity contribution >= 4 is 45.6 Å². The zero-order chi connectivity index (χ0) is 14.0. The molecule has 100 valence electrons. The highest BCUT2D eigenvalue weighted by molar-refractivity contribution is 7.13. The van der Waals surface area contributed by atoms with Crippen molar-refractivity contribution in [2.24, 2.45) is 0 Å². The average molecular weight is 316 g/mol. The van der Waals surface area contributed by atoms with Crippen LogP contribution in [0.15, 0.2) is 23.6 Å². The monoisotopic (exact) mass is 315 g/mol. The van der Waals surface area contributed by atoms with Gasteiger partial charge >= 0.3 is 0 Å². The smallest absolute Gasteiger partial charge is 0.273 e. The van der Waals surface area contributed by atoms with E-state index < -0.39 is 0 Å². The van der Waals surface area contributed by atoms with Crippen molar-refractivity contribution in [1.82, 2.24) is 9.88 Å². The SMILES string of the molecule is CN(Cc1ccc(Cl)cc1Cl)C(=O)c1csc(N)n1. The molecule has 2 rings (SSSR count). The molecule has 0 spiro atoms. The molecule has 0 aliphatic rings. The summed E-state index contributed by atoms with van der Waals surface area (Å²) >= 11 is 13.1. The summed E-state index contributed by atoms with van der Waals surface area (Å²) in [6.07, 6.45) is 0. The molecule has 0 fully saturated rings. The number of halogens is 2. The first kappa shape index (κ1) is 14.1. The number of carbonyl (C=O) groups excluding carboxylic acids is 1. The van der Waals surface area contributed by atoms with Crippen LogP contribution < -0.4 is 5.73 Å². The normalized spacial score (nSPS) is 10.5. The second kappa shape index (κ2) is 5.77. The van der Waals surface area contributed by atoms with Crippen LogP contribution in [0.1, 0.15) is 16.1 Å². The third-order valence-corrected chi connectivity index (χ3v) is 3.77. The van der Waals surface area contributed by atoms with Gasteiger partial charge in [-0.25, -0.2) is 4.98 Å². The second-order valence-corrected chi connectivity index (χ2v) is 5.70. The van der Waals surface area contributed by atoms with E-state index in [0.717, 1.165) is 5.56 Å². The molecular weight excluding hydrogens is 305 g/mol. The summed E-state index contributed by atoms with van der Waals surface area (Å²) in [5, 5.41) is 3.11. The quantitative estimate of drug-likeness (QED) is 0.945. The van der Waals surface area contributed by atoms with Gasteiger partial charge in [0.1, 0.15) is 5.69 Å². The number of thiazole rings is 1. The number of anilines is 1. The minimum absolute atomic E-state index is 0.195. The Hall–Kier alpha value is -1.30. The molecule has 0 atom stereocenters. The molecule has 0 aliphatic heterocycles. The standard InChI is InChI=1S/C12H11Cl2N3OS/c1-17(11(18)10-6-19-12(15)16-10)5-7-2-3-8(13)4-9(7)14/h2-4,6H,5H2,1H3,(H2,15,16). The number of benzene rings is 1. The fraction of sp³-hybridized carbons (Fsp3) is 0.167. The van der Waals surface area contributed by atoms with Crippen molar-refractivity contribution in [2.45, 2.75) is 6.54 Å². The van der Waals surface area contributed by atoms with E-state index in [0.29, 0.717) is 27.4 Å². The molecule has 0 unspecified atom stereocenters. The molecule has 1 aromatic heterocycles. The molecular formula is C12H11Cl2N3OS. The van der Waals surface area contributed by atoms with Crippen LogP contribution in [0.25, 0.3) is 0 Å². The van der Waals surface area contributed by atoms with Crippen molar-refractivity contribution in [3.63, 3.8) is 0 Å². The minimum atomic E-state index is -0.195. The molecule has 1 aromatic carbocycles. The largest absolute Gasteiger partial charge is 0.375 e. The van der Waals surface area contributed by atoms with E-state index in [2.05, 4.69) is 4.98 Å². The highest BCUT2D eigenvalue weighted by Gasteiger charge is 2.16. The summed E-state index contributed by atoms with van der Waals surface area (Å²) in [6, 6.07) is 5.18. The van der Waals surface area contributed by atoms with Crippen LogP contribution in [-0.2, 0) is 6.54 Å². The van der Waals surface area contributed by atoms with Crippen LogP contribution in [0, 0.1) is 0 Å². The first-order valence-electron chi connectivity index (χ1n) is 5.38. The lowest BCUT2D eigenvalue weighted by Crippen LogP contribution is -2.26. The summed E-state index contributed by atoms with van der Waals surface area (Å²) < 4.78 is 0. The lowest BCUT2D eigenvalue weighted by Gasteiger charge is -2.16. The highest BCUT2D eigenvalue weighted by atomic mass is 35.5. The molecule has 0 radical (unpaired) electrons. The minimum Gasteiger partial charge on any atom is -0.375 e. The van der Waals surface area contributed by atoms with E-state index in [4.69, 9.17) is 28.9 Å². The van der Waals surface area contributed by atoms with Crippen LogP contribution in [0.2, 0.25) is 10.0 Å². The van der Waals surface area contributed by atoms with E-state index in [-0.39, 0.29) is 5.91 Å². The highest BCUT2D eigenvalue weighted by Crippen LogP contribution is 2.22. The Bertz CT molecular complexity index is 615. The molecule has 4 nitrogen and oxygen atoms in total. The van der Waals surface area contributed by atoms with Gasteiger partial charge in [-0.05, 0) is 17.7 Å². The molecule has 0 saturated heterocycles. The first-order valence-corrected chi connectivity index (χ1v) is 7.01. The summed E-state index contributed by atoms with van der Waals surface area (Å²) in [7, 11) is 1.68. The van der Waals surface area contributed by atoms with Gasteiger partial charge in [-0.2, -0.15) is 0 Å². The Morgan fingerprint density at radius 1 is 1.47 bits per heavy atom. The zero-order valence-corrected chi connectivity index (χ0v) is 12.4. The van der Waals surface area contributed by atoms with Crippen LogP contribution in [0.4, 0.5) is 5.13 Å². The number of nitrogen functional groups attached to an aromatic ring is 1. The molecule has 7 heteroatoms. The maximum Gasteiger partial charge on any atom is 0.273 e. The van der Waals surface area contributed by atoms with Gasteiger partial charge in [-0.15, -0.1) is 11.3 Å². The van der Waals surface area contributed by atoms with Gasteiger partial charge in [0.15, 0.2) is 5.13 Å². The second-order valence-electron chi connectivity index (χ2n) is 3.97. The maximum absolute atomic E-state index is 12.1. The first-order chi connectivity index (χ1) is 8.97. The molecule has 19 heavy (non-hydrogen) atoms. The number of hydrogen-bond donors (Lipinski definition) is 1. The Balaban J connectivity index is 2.12. The van der Waals surface area contributed by atoms with Gasteiger partial charge in [0.2, 0.25) is 0 Å². The van der Waals surface area contributed by atoms with Gasteiger partial charge in [0.05, 0.1) is 0 Å². The fourth-order valence-corrected chi connectivity index (χ4v) is 2.56. The average Bonchev–Trinajstić information content (AvgIpc) is 2.78. The number of nitrogens with zero attached hydrogens (tertiary/aromatic N) is 2. The molecule has 2 N–H and O–H groups in total. The van der Waals surface area contributed by atoms with E-state index in [1.807, 2.05) is 0 Å². The Morgan fingerprint density at radius 2 is 2.21 bits per heavy atom. The van der Waals surface area contributed by atoms with Crippen LogP contribution >= 0.6 is 34.5 Å². The number of hydrogen-bond acceptors (Lipinski definition) is 4. The molecule has 1 heterocycles. The maximum atomic E-state index is 12.1. The van der Waals surface area contributed by atoms with Crippen molar-refractivity contribution < 1.29 is 4.79 Å². The van der Waals surface area contributed by atoms with Gasteiger partial charge < -0.3 is 10.6 Å². The van der Waals surface area contributed by atoms with Gasteiger partial charge in [0, 0.05) is 29.0 Å². The number of rotatable bonds is 3. The molecule has 0 saturated carbocycles. The lowest BCUT2D eigenvalue weighted by molar-refractivity contribution is 0.0780. The summed E-state index contributed by atoms with van der Waals surface area (Å²) in [5.41, 5.74) is 6.68. The fourth-order valence-electron chi connectivity index (χ4n) is 1.56. The molecule has 2 aromatic rings. The van der Waals surface area contributed by atoms with Crippen molar-refractivity contribution in [1.29, 1.82) is 0 Å². The number of amides is 1. The molecule has 1 amide bonds. The van der Waals surface area contributed by atoms with E-state index >= 15 is 0 Å².